The Morgan fingerprint density at radius 2 is 1.76 bits per heavy atom. The number of anilines is 3. The first-order valence-electron chi connectivity index (χ1n) is 8.69. The smallest absolute Gasteiger partial charge is 0.226 e. The first-order valence-corrected chi connectivity index (χ1v) is 9.06. The van der Waals surface area contributed by atoms with E-state index in [1.54, 1.807) is 0 Å². The van der Waals surface area contributed by atoms with Crippen molar-refractivity contribution in [2.24, 2.45) is 0 Å². The van der Waals surface area contributed by atoms with Crippen molar-refractivity contribution in [1.29, 1.82) is 0 Å². The molecule has 0 heterocycles. The Kier molecular flexibility index (Phi) is 7.14. The molecule has 0 radical (unpaired) electrons. The number of hydrogen-bond donors (Lipinski definition) is 2. The molecule has 0 aliphatic carbocycles. The van der Waals surface area contributed by atoms with E-state index < -0.39 is 0 Å². The van der Waals surface area contributed by atoms with Gasteiger partial charge in [0.25, 0.3) is 0 Å². The maximum absolute atomic E-state index is 12.1. The molecule has 5 heteroatoms. The molecule has 1 amide bonds. The highest BCUT2D eigenvalue weighted by Crippen LogP contribution is 2.23. The molecule has 0 aromatic heterocycles. The van der Waals surface area contributed by atoms with Gasteiger partial charge in [0.2, 0.25) is 5.91 Å². The van der Waals surface area contributed by atoms with Gasteiger partial charge in [0, 0.05) is 48.1 Å². The van der Waals surface area contributed by atoms with E-state index >= 15 is 0 Å². The lowest BCUT2D eigenvalue weighted by Gasteiger charge is -2.21. The number of carbonyl (C=O) groups is 1. The normalized spacial score (nSPS) is 10.4. The number of carbonyl (C=O) groups excluding carboxylic acids is 1. The number of halogens is 1. The largest absolute Gasteiger partial charge is 0.384 e. The molecule has 0 saturated heterocycles. The molecule has 4 nitrogen and oxygen atoms in total. The Hall–Kier alpha value is -2.20. The lowest BCUT2D eigenvalue weighted by Crippen LogP contribution is -2.21. The van der Waals surface area contributed by atoms with Crippen molar-refractivity contribution < 1.29 is 4.79 Å². The van der Waals surface area contributed by atoms with Crippen molar-refractivity contribution >= 4 is 34.6 Å². The van der Waals surface area contributed by atoms with Crippen LogP contribution in [0.25, 0.3) is 0 Å². The van der Waals surface area contributed by atoms with E-state index in [-0.39, 0.29) is 5.91 Å². The number of benzene rings is 2. The lowest BCUT2D eigenvalue weighted by atomic mass is 10.2. The zero-order valence-electron chi connectivity index (χ0n) is 15.1. The highest BCUT2D eigenvalue weighted by molar-refractivity contribution is 6.31. The number of nitrogens with zero attached hydrogens (tertiary/aromatic N) is 1. The van der Waals surface area contributed by atoms with E-state index in [0.29, 0.717) is 13.0 Å². The first kappa shape index (κ1) is 19.1. The van der Waals surface area contributed by atoms with Gasteiger partial charge in [0.1, 0.15) is 0 Å². The molecule has 0 aliphatic heterocycles. The van der Waals surface area contributed by atoms with E-state index in [0.717, 1.165) is 35.1 Å². The monoisotopic (exact) mass is 359 g/mol. The molecule has 0 unspecified atom stereocenters. The summed E-state index contributed by atoms with van der Waals surface area (Å²) in [6.07, 6.45) is 0.393. The second kappa shape index (κ2) is 9.33. The van der Waals surface area contributed by atoms with Crippen LogP contribution in [0.5, 0.6) is 0 Å². The highest BCUT2D eigenvalue weighted by Gasteiger charge is 2.06. The number of hydrogen-bond acceptors (Lipinski definition) is 3. The van der Waals surface area contributed by atoms with Crippen LogP contribution in [0.15, 0.2) is 42.5 Å². The fraction of sp³-hybridized carbons (Fsp3) is 0.350. The van der Waals surface area contributed by atoms with Crippen molar-refractivity contribution in [3.05, 3.63) is 53.1 Å². The first-order chi connectivity index (χ1) is 12.0. The maximum Gasteiger partial charge on any atom is 0.226 e. The minimum Gasteiger partial charge on any atom is -0.384 e. The van der Waals surface area contributed by atoms with Gasteiger partial charge in [-0.2, -0.15) is 0 Å². The summed E-state index contributed by atoms with van der Waals surface area (Å²) in [5.74, 6) is -0.0113. The fourth-order valence-corrected chi connectivity index (χ4v) is 2.85. The van der Waals surface area contributed by atoms with E-state index in [1.165, 1.54) is 5.69 Å². The molecule has 2 aromatic rings. The highest BCUT2D eigenvalue weighted by atomic mass is 35.5. The van der Waals surface area contributed by atoms with Gasteiger partial charge in [-0.3, -0.25) is 4.79 Å². The lowest BCUT2D eigenvalue weighted by molar-refractivity contribution is -0.115. The maximum atomic E-state index is 12.1. The van der Waals surface area contributed by atoms with Gasteiger partial charge < -0.3 is 15.5 Å². The van der Waals surface area contributed by atoms with Crippen molar-refractivity contribution in [3.63, 3.8) is 0 Å². The van der Waals surface area contributed by atoms with Crippen molar-refractivity contribution in [1.82, 2.24) is 0 Å². The topological polar surface area (TPSA) is 44.4 Å². The van der Waals surface area contributed by atoms with Gasteiger partial charge >= 0.3 is 0 Å². The predicted octanol–water partition coefficient (Wildman–Crippen LogP) is 4.94. The van der Waals surface area contributed by atoms with Crippen molar-refractivity contribution in [2.45, 2.75) is 27.2 Å². The quantitative estimate of drug-likeness (QED) is 0.702. The molecule has 2 rings (SSSR count). The summed E-state index contributed by atoms with van der Waals surface area (Å²) in [5, 5.41) is 6.92. The third-order valence-corrected chi connectivity index (χ3v) is 4.62. The molecule has 0 spiro atoms. The Labute approximate surface area is 155 Å². The number of nitrogens with one attached hydrogen (secondary N) is 2. The second-order valence-corrected chi connectivity index (χ2v) is 6.26. The van der Waals surface area contributed by atoms with Crippen LogP contribution in [-0.2, 0) is 4.79 Å². The third-order valence-electron chi connectivity index (χ3n) is 4.21. The second-order valence-electron chi connectivity index (χ2n) is 5.86. The van der Waals surface area contributed by atoms with Crippen LogP contribution in [0.1, 0.15) is 25.8 Å². The predicted molar refractivity (Wildman–Crippen MR) is 108 cm³/mol. The summed E-state index contributed by atoms with van der Waals surface area (Å²) in [5.41, 5.74) is 3.95. The molecule has 0 fully saturated rings. The molecule has 134 valence electrons. The minimum atomic E-state index is -0.0113. The standard InChI is InChI=1S/C20H26ClN3O/c1-4-24(5-2)17-11-9-16(10-12-17)23-20(25)13-14-22-19-8-6-7-18(21)15(19)3/h6-12,22H,4-5,13-14H2,1-3H3,(H,23,25). The van der Waals surface area contributed by atoms with Gasteiger partial charge in [-0.25, -0.2) is 0 Å². The van der Waals surface area contributed by atoms with Gasteiger partial charge in [0.05, 0.1) is 0 Å². The van der Waals surface area contributed by atoms with Gasteiger partial charge in [-0.05, 0) is 62.7 Å². The van der Waals surface area contributed by atoms with E-state index in [9.17, 15) is 4.79 Å². The van der Waals surface area contributed by atoms with E-state index in [4.69, 9.17) is 11.6 Å². The molecule has 0 saturated carbocycles. The Bertz CT molecular complexity index is 697. The fourth-order valence-electron chi connectivity index (χ4n) is 2.68. The SMILES string of the molecule is CCN(CC)c1ccc(NC(=O)CCNc2cccc(Cl)c2C)cc1. The van der Waals surface area contributed by atoms with Crippen LogP contribution < -0.4 is 15.5 Å². The Morgan fingerprint density at radius 3 is 2.40 bits per heavy atom. The molecule has 0 aliphatic rings. The third kappa shape index (κ3) is 5.40. The summed E-state index contributed by atoms with van der Waals surface area (Å²) in [6.45, 7) is 8.72. The zero-order chi connectivity index (χ0) is 18.2. The molecular weight excluding hydrogens is 334 g/mol. The molecular formula is C20H26ClN3O. The average Bonchev–Trinajstić information content (AvgIpc) is 2.61. The van der Waals surface area contributed by atoms with Gasteiger partial charge in [-0.1, -0.05) is 17.7 Å². The molecule has 25 heavy (non-hydrogen) atoms. The van der Waals surface area contributed by atoms with Crippen molar-refractivity contribution in [3.8, 4) is 0 Å². The Balaban J connectivity index is 1.83. The van der Waals surface area contributed by atoms with Crippen LogP contribution in [0.4, 0.5) is 17.1 Å². The summed E-state index contributed by atoms with van der Waals surface area (Å²) in [6, 6.07) is 13.7. The van der Waals surface area contributed by atoms with Crippen LogP contribution in [0.3, 0.4) is 0 Å². The van der Waals surface area contributed by atoms with E-state index in [1.807, 2.05) is 49.4 Å². The zero-order valence-corrected chi connectivity index (χ0v) is 15.9. The molecule has 2 N–H and O–H groups in total. The summed E-state index contributed by atoms with van der Waals surface area (Å²) < 4.78 is 0. The summed E-state index contributed by atoms with van der Waals surface area (Å²) in [4.78, 5) is 14.4. The van der Waals surface area contributed by atoms with Crippen LogP contribution >= 0.6 is 11.6 Å². The summed E-state index contributed by atoms with van der Waals surface area (Å²) in [7, 11) is 0. The summed E-state index contributed by atoms with van der Waals surface area (Å²) >= 11 is 6.10. The van der Waals surface area contributed by atoms with Crippen LogP contribution in [0.2, 0.25) is 5.02 Å². The van der Waals surface area contributed by atoms with Crippen LogP contribution in [-0.4, -0.2) is 25.5 Å². The molecule has 2 aromatic carbocycles. The van der Waals surface area contributed by atoms with Gasteiger partial charge in [-0.15, -0.1) is 0 Å². The Morgan fingerprint density at radius 1 is 1.08 bits per heavy atom. The van der Waals surface area contributed by atoms with Crippen LogP contribution in [0, 0.1) is 6.92 Å². The average molecular weight is 360 g/mol. The molecule has 0 atom stereocenters. The minimum absolute atomic E-state index is 0.0113. The van der Waals surface area contributed by atoms with Crippen molar-refractivity contribution in [2.75, 3.05) is 35.2 Å². The molecule has 0 bridgehead atoms. The van der Waals surface area contributed by atoms with Gasteiger partial charge in [0.15, 0.2) is 0 Å². The number of amides is 1. The number of rotatable bonds is 8. The van der Waals surface area contributed by atoms with E-state index in [2.05, 4.69) is 29.4 Å².